The van der Waals surface area contributed by atoms with Gasteiger partial charge >= 0.3 is 5.97 Å². The molecule has 0 aliphatic rings. The lowest BCUT2D eigenvalue weighted by molar-refractivity contribution is -0.143. The second-order valence-corrected chi connectivity index (χ2v) is 5.14. The first-order valence-corrected chi connectivity index (χ1v) is 7.45. The highest BCUT2D eigenvalue weighted by atomic mass is 19.1. The Morgan fingerprint density at radius 2 is 1.96 bits per heavy atom. The molecule has 0 unspecified atom stereocenters. The molecule has 8 heteroatoms. The maximum absolute atomic E-state index is 14.2. The molecule has 1 heterocycles. The van der Waals surface area contributed by atoms with Gasteiger partial charge in [0.05, 0.1) is 18.9 Å². The van der Waals surface area contributed by atoms with E-state index in [0.29, 0.717) is 0 Å². The van der Waals surface area contributed by atoms with Crippen LogP contribution < -0.4 is 5.43 Å². The van der Waals surface area contributed by atoms with Crippen LogP contribution in [0.4, 0.5) is 8.78 Å². The van der Waals surface area contributed by atoms with E-state index in [1.807, 2.05) is 0 Å². The lowest BCUT2D eigenvalue weighted by atomic mass is 9.91. The van der Waals surface area contributed by atoms with Crippen LogP contribution in [0, 0.1) is 11.6 Å². The SMILES string of the molecule is CCOC(=O)C[C@H](c1oc(CO)cc(=O)c1O)c1c(F)cccc1F. The first-order valence-electron chi connectivity index (χ1n) is 7.45. The van der Waals surface area contributed by atoms with Crippen LogP contribution in [0.3, 0.4) is 0 Å². The Morgan fingerprint density at radius 3 is 2.52 bits per heavy atom. The van der Waals surface area contributed by atoms with Crippen molar-refractivity contribution in [3.05, 3.63) is 63.2 Å². The predicted octanol–water partition coefficient (Wildman–Crippen LogP) is 2.20. The van der Waals surface area contributed by atoms with Gasteiger partial charge in [-0.3, -0.25) is 9.59 Å². The molecule has 0 saturated carbocycles. The molecule has 0 fully saturated rings. The Hall–Kier alpha value is -2.74. The molecular formula is C17H16F2O6. The monoisotopic (exact) mass is 354 g/mol. The molecule has 0 aliphatic heterocycles. The van der Waals surface area contributed by atoms with Crippen molar-refractivity contribution < 1.29 is 32.9 Å². The van der Waals surface area contributed by atoms with Crippen molar-refractivity contribution in [2.75, 3.05) is 6.61 Å². The summed E-state index contributed by atoms with van der Waals surface area (Å²) in [6.07, 6.45) is -0.572. The van der Waals surface area contributed by atoms with Crippen LogP contribution in [0.5, 0.6) is 5.75 Å². The van der Waals surface area contributed by atoms with Gasteiger partial charge in [0.1, 0.15) is 24.0 Å². The van der Waals surface area contributed by atoms with E-state index in [2.05, 4.69) is 0 Å². The average molecular weight is 354 g/mol. The van der Waals surface area contributed by atoms with E-state index < -0.39 is 59.1 Å². The van der Waals surface area contributed by atoms with Crippen LogP contribution in [0.25, 0.3) is 0 Å². The number of ether oxygens (including phenoxy) is 1. The van der Waals surface area contributed by atoms with Crippen LogP contribution in [0.2, 0.25) is 0 Å². The molecule has 1 aromatic heterocycles. The highest BCUT2D eigenvalue weighted by Gasteiger charge is 2.31. The summed E-state index contributed by atoms with van der Waals surface area (Å²) < 4.78 is 38.4. The fourth-order valence-electron chi connectivity index (χ4n) is 2.43. The van der Waals surface area contributed by atoms with E-state index in [1.54, 1.807) is 6.92 Å². The number of benzene rings is 1. The number of aliphatic hydroxyl groups excluding tert-OH is 1. The number of esters is 1. The van der Waals surface area contributed by atoms with Gasteiger partial charge in [-0.25, -0.2) is 8.78 Å². The molecule has 0 aliphatic carbocycles. The molecule has 0 radical (unpaired) electrons. The summed E-state index contributed by atoms with van der Waals surface area (Å²) in [6, 6.07) is 3.93. The number of carbonyl (C=O) groups excluding carboxylic acids is 1. The van der Waals surface area contributed by atoms with Crippen molar-refractivity contribution >= 4 is 5.97 Å². The smallest absolute Gasteiger partial charge is 0.306 e. The number of carbonyl (C=O) groups is 1. The van der Waals surface area contributed by atoms with Gasteiger partial charge in [0.25, 0.3) is 0 Å². The van der Waals surface area contributed by atoms with Gasteiger partial charge in [0.15, 0.2) is 5.76 Å². The summed E-state index contributed by atoms with van der Waals surface area (Å²) in [5, 5.41) is 19.1. The molecule has 0 bridgehead atoms. The third-order valence-corrected chi connectivity index (χ3v) is 3.50. The predicted molar refractivity (Wildman–Crippen MR) is 82.0 cm³/mol. The molecule has 2 rings (SSSR count). The van der Waals surface area contributed by atoms with E-state index in [1.165, 1.54) is 0 Å². The Bertz CT molecular complexity index is 810. The van der Waals surface area contributed by atoms with Gasteiger partial charge in [0.2, 0.25) is 11.2 Å². The number of rotatable bonds is 6. The van der Waals surface area contributed by atoms with Gasteiger partial charge in [-0.1, -0.05) is 6.07 Å². The molecule has 0 amide bonds. The van der Waals surface area contributed by atoms with Gasteiger partial charge in [0, 0.05) is 11.6 Å². The summed E-state index contributed by atoms with van der Waals surface area (Å²) >= 11 is 0. The van der Waals surface area contributed by atoms with E-state index in [9.17, 15) is 23.5 Å². The maximum atomic E-state index is 14.2. The van der Waals surface area contributed by atoms with Crippen LogP contribution in [0.1, 0.15) is 36.3 Å². The second kappa shape index (κ2) is 7.89. The van der Waals surface area contributed by atoms with Crippen LogP contribution in [0.15, 0.2) is 33.5 Å². The standard InChI is InChI=1S/C17H16F2O6/c1-2-24-14(22)7-10(15-11(18)4-3-5-12(15)19)17-16(23)13(21)6-9(8-20)25-17/h3-6,10,20,23H,2,7-8H2,1H3/t10-/m0/s1. The zero-order valence-corrected chi connectivity index (χ0v) is 13.3. The highest BCUT2D eigenvalue weighted by Crippen LogP contribution is 2.36. The van der Waals surface area contributed by atoms with Crippen molar-refractivity contribution in [3.8, 4) is 5.75 Å². The first kappa shape index (κ1) is 18.6. The van der Waals surface area contributed by atoms with Gasteiger partial charge in [-0.2, -0.15) is 0 Å². The third kappa shape index (κ3) is 4.03. The minimum atomic E-state index is -1.44. The molecule has 1 atom stereocenters. The second-order valence-electron chi connectivity index (χ2n) is 5.14. The number of aliphatic hydroxyl groups is 1. The van der Waals surface area contributed by atoms with Crippen molar-refractivity contribution in [1.29, 1.82) is 0 Å². The summed E-state index contributed by atoms with van der Waals surface area (Å²) in [5.41, 5.74) is -1.46. The van der Waals surface area contributed by atoms with E-state index in [0.717, 1.165) is 24.3 Å². The lowest BCUT2D eigenvalue weighted by Crippen LogP contribution is -2.17. The first-order chi connectivity index (χ1) is 11.9. The van der Waals surface area contributed by atoms with Crippen molar-refractivity contribution in [1.82, 2.24) is 0 Å². The zero-order chi connectivity index (χ0) is 18.6. The number of hydrogen-bond acceptors (Lipinski definition) is 6. The zero-order valence-electron chi connectivity index (χ0n) is 13.3. The molecular weight excluding hydrogens is 338 g/mol. The van der Waals surface area contributed by atoms with E-state index in [4.69, 9.17) is 14.3 Å². The minimum absolute atomic E-state index is 0.0396. The molecule has 25 heavy (non-hydrogen) atoms. The fourth-order valence-corrected chi connectivity index (χ4v) is 2.43. The summed E-state index contributed by atoms with van der Waals surface area (Å²) in [4.78, 5) is 23.7. The quantitative estimate of drug-likeness (QED) is 0.772. The average Bonchev–Trinajstić information content (AvgIpc) is 2.56. The number of halogens is 2. The van der Waals surface area contributed by atoms with Crippen LogP contribution >= 0.6 is 0 Å². The molecule has 0 spiro atoms. The van der Waals surface area contributed by atoms with E-state index >= 15 is 0 Å². The van der Waals surface area contributed by atoms with Crippen LogP contribution in [-0.2, 0) is 16.1 Å². The Labute approximate surface area is 141 Å². The molecule has 134 valence electrons. The fraction of sp³-hybridized carbons (Fsp3) is 0.294. The normalized spacial score (nSPS) is 12.0. The van der Waals surface area contributed by atoms with Gasteiger partial charge in [-0.05, 0) is 19.1 Å². The van der Waals surface area contributed by atoms with Gasteiger partial charge < -0.3 is 19.4 Å². The molecule has 6 nitrogen and oxygen atoms in total. The van der Waals surface area contributed by atoms with Crippen molar-refractivity contribution in [2.24, 2.45) is 0 Å². The minimum Gasteiger partial charge on any atom is -0.502 e. The maximum Gasteiger partial charge on any atom is 0.306 e. The summed E-state index contributed by atoms with van der Waals surface area (Å²) in [5.74, 6) is -5.84. The lowest BCUT2D eigenvalue weighted by Gasteiger charge is -2.18. The largest absolute Gasteiger partial charge is 0.502 e. The molecule has 0 saturated heterocycles. The van der Waals surface area contributed by atoms with E-state index in [-0.39, 0.29) is 12.4 Å². The molecule has 2 N–H and O–H groups in total. The Balaban J connectivity index is 2.66. The third-order valence-electron chi connectivity index (χ3n) is 3.50. The van der Waals surface area contributed by atoms with Crippen LogP contribution in [-0.4, -0.2) is 22.8 Å². The molecule has 2 aromatic rings. The molecule has 1 aromatic carbocycles. The van der Waals surface area contributed by atoms with Crippen molar-refractivity contribution in [2.45, 2.75) is 25.9 Å². The van der Waals surface area contributed by atoms with Gasteiger partial charge in [-0.15, -0.1) is 0 Å². The number of hydrogen-bond donors (Lipinski definition) is 2. The van der Waals surface area contributed by atoms with Crippen molar-refractivity contribution in [3.63, 3.8) is 0 Å². The topological polar surface area (TPSA) is 97.0 Å². The summed E-state index contributed by atoms with van der Waals surface area (Å²) in [6.45, 7) is 0.923. The Kier molecular flexibility index (Phi) is 5.87. The Morgan fingerprint density at radius 1 is 1.32 bits per heavy atom. The summed E-state index contributed by atoms with van der Waals surface area (Å²) in [7, 11) is 0. The number of aromatic hydroxyl groups is 1. The highest BCUT2D eigenvalue weighted by molar-refractivity contribution is 5.71.